The van der Waals surface area contributed by atoms with E-state index in [1.807, 2.05) is 0 Å². The molecule has 0 aliphatic rings. The fourth-order valence-electron chi connectivity index (χ4n) is 2.69. The van der Waals surface area contributed by atoms with E-state index in [1.54, 1.807) is 13.8 Å². The third-order valence-corrected chi connectivity index (χ3v) is 3.71. The molecule has 0 bridgehead atoms. The third kappa shape index (κ3) is 2.27. The second-order valence-electron chi connectivity index (χ2n) is 5.61. The Labute approximate surface area is 135 Å². The number of halogens is 2. The molecule has 0 aliphatic heterocycles. The van der Waals surface area contributed by atoms with Gasteiger partial charge in [-0.2, -0.15) is 0 Å². The minimum atomic E-state index is -1.15. The fraction of sp³-hybridized carbons (Fsp3) is 0.188. The van der Waals surface area contributed by atoms with Crippen molar-refractivity contribution in [3.8, 4) is 11.1 Å². The summed E-state index contributed by atoms with van der Waals surface area (Å²) >= 11 is 0. The van der Waals surface area contributed by atoms with Crippen LogP contribution in [-0.2, 0) is 0 Å². The lowest BCUT2D eigenvalue weighted by Gasteiger charge is -2.11. The molecule has 3 aromatic rings. The van der Waals surface area contributed by atoms with E-state index in [4.69, 9.17) is 5.73 Å². The van der Waals surface area contributed by atoms with Crippen LogP contribution < -0.4 is 5.73 Å². The highest BCUT2D eigenvalue weighted by Gasteiger charge is 2.24. The Morgan fingerprint density at radius 1 is 1.33 bits per heavy atom. The molecule has 3 rings (SSSR count). The van der Waals surface area contributed by atoms with E-state index in [9.17, 15) is 18.7 Å². The highest BCUT2D eigenvalue weighted by Crippen LogP contribution is 2.34. The number of nitrogens with two attached hydrogens (primary N) is 1. The number of carboxylic acids is 1. The first kappa shape index (κ1) is 15.9. The number of benzene rings is 1. The van der Waals surface area contributed by atoms with Gasteiger partial charge in [-0.1, -0.05) is 26.0 Å². The van der Waals surface area contributed by atoms with E-state index in [0.29, 0.717) is 5.69 Å². The Morgan fingerprint density at radius 3 is 2.67 bits per heavy atom. The average Bonchev–Trinajstić information content (AvgIpc) is 2.84. The maximum Gasteiger partial charge on any atom is 0.339 e. The van der Waals surface area contributed by atoms with Crippen LogP contribution in [0.1, 0.15) is 35.8 Å². The van der Waals surface area contributed by atoms with Gasteiger partial charge >= 0.3 is 5.97 Å². The van der Waals surface area contributed by atoms with Crippen molar-refractivity contribution in [1.82, 2.24) is 14.6 Å². The van der Waals surface area contributed by atoms with Crippen molar-refractivity contribution < 1.29 is 18.7 Å². The Hall–Kier alpha value is -3.03. The van der Waals surface area contributed by atoms with Gasteiger partial charge in [-0.25, -0.2) is 23.1 Å². The average molecular weight is 332 g/mol. The molecule has 0 saturated carbocycles. The molecule has 0 unspecified atom stereocenters. The highest BCUT2D eigenvalue weighted by molar-refractivity contribution is 5.91. The van der Waals surface area contributed by atoms with Gasteiger partial charge in [0.15, 0.2) is 23.1 Å². The number of nitrogen functional groups attached to an aromatic ring is 1. The van der Waals surface area contributed by atoms with Crippen LogP contribution in [0.5, 0.6) is 0 Å². The van der Waals surface area contributed by atoms with Gasteiger partial charge in [0.25, 0.3) is 0 Å². The number of anilines is 1. The number of rotatable bonds is 3. The van der Waals surface area contributed by atoms with Gasteiger partial charge < -0.3 is 10.8 Å². The highest BCUT2D eigenvalue weighted by atomic mass is 19.2. The minimum Gasteiger partial charge on any atom is -0.478 e. The van der Waals surface area contributed by atoms with E-state index in [0.717, 1.165) is 6.07 Å². The predicted molar refractivity (Wildman–Crippen MR) is 83.8 cm³/mol. The molecule has 8 heteroatoms. The SMILES string of the molecule is CC(C)c1c(C(=O)O)cnc2c(-c3cccc(F)c3F)c(N)nn12. The number of fused-ring (bicyclic) bond motifs is 1. The number of hydrogen-bond acceptors (Lipinski definition) is 4. The van der Waals surface area contributed by atoms with Gasteiger partial charge in [0, 0.05) is 11.8 Å². The second-order valence-corrected chi connectivity index (χ2v) is 5.61. The Morgan fingerprint density at radius 2 is 2.04 bits per heavy atom. The van der Waals surface area contributed by atoms with E-state index < -0.39 is 17.6 Å². The summed E-state index contributed by atoms with van der Waals surface area (Å²) in [6.45, 7) is 3.59. The number of hydrogen-bond donors (Lipinski definition) is 2. The van der Waals surface area contributed by atoms with Crippen LogP contribution in [0, 0.1) is 11.6 Å². The predicted octanol–water partition coefficient (Wildman–Crippen LogP) is 3.08. The van der Waals surface area contributed by atoms with Crippen LogP contribution in [0.25, 0.3) is 16.8 Å². The summed E-state index contributed by atoms with van der Waals surface area (Å²) in [5.41, 5.74) is 6.47. The summed E-state index contributed by atoms with van der Waals surface area (Å²) in [6.07, 6.45) is 1.18. The largest absolute Gasteiger partial charge is 0.478 e. The fourth-order valence-corrected chi connectivity index (χ4v) is 2.69. The summed E-state index contributed by atoms with van der Waals surface area (Å²) in [5.74, 6) is -3.49. The Balaban J connectivity index is 2.40. The quantitative estimate of drug-likeness (QED) is 0.769. The first-order chi connectivity index (χ1) is 11.3. The van der Waals surface area contributed by atoms with Crippen molar-refractivity contribution in [2.24, 2.45) is 0 Å². The molecule has 0 fully saturated rings. The Kier molecular flexibility index (Phi) is 3.67. The van der Waals surface area contributed by atoms with E-state index in [2.05, 4.69) is 10.1 Å². The molecule has 1 aromatic carbocycles. The van der Waals surface area contributed by atoms with Crippen LogP contribution in [-0.4, -0.2) is 25.7 Å². The Bertz CT molecular complexity index is 966. The second kappa shape index (κ2) is 5.55. The molecular formula is C16H14F2N4O2. The molecule has 124 valence electrons. The van der Waals surface area contributed by atoms with Gasteiger partial charge in [-0.15, -0.1) is 5.10 Å². The topological polar surface area (TPSA) is 93.5 Å². The molecule has 0 saturated heterocycles. The maximum absolute atomic E-state index is 14.1. The monoisotopic (exact) mass is 332 g/mol. The molecule has 0 radical (unpaired) electrons. The number of nitrogens with zero attached hydrogens (tertiary/aromatic N) is 3. The molecule has 0 atom stereocenters. The van der Waals surface area contributed by atoms with E-state index >= 15 is 0 Å². The molecule has 6 nitrogen and oxygen atoms in total. The van der Waals surface area contributed by atoms with Gasteiger partial charge in [-0.05, 0) is 12.0 Å². The van der Waals surface area contributed by atoms with Crippen molar-refractivity contribution in [1.29, 1.82) is 0 Å². The molecule has 2 aromatic heterocycles. The van der Waals surface area contributed by atoms with Gasteiger partial charge in [0.1, 0.15) is 0 Å². The summed E-state index contributed by atoms with van der Waals surface area (Å²) < 4.78 is 29.0. The molecular weight excluding hydrogens is 318 g/mol. The first-order valence-corrected chi connectivity index (χ1v) is 7.17. The van der Waals surface area contributed by atoms with Gasteiger partial charge in [0.2, 0.25) is 0 Å². The van der Waals surface area contributed by atoms with Crippen LogP contribution in [0.4, 0.5) is 14.6 Å². The molecule has 24 heavy (non-hydrogen) atoms. The lowest BCUT2D eigenvalue weighted by atomic mass is 10.0. The van der Waals surface area contributed by atoms with Crippen LogP contribution in [0.3, 0.4) is 0 Å². The van der Waals surface area contributed by atoms with Crippen LogP contribution in [0.2, 0.25) is 0 Å². The summed E-state index contributed by atoms with van der Waals surface area (Å²) in [4.78, 5) is 15.5. The zero-order chi connectivity index (χ0) is 17.6. The molecule has 3 N–H and O–H groups in total. The normalized spacial score (nSPS) is 11.4. The number of aromatic carboxylic acids is 1. The van der Waals surface area contributed by atoms with Crippen molar-refractivity contribution in [3.05, 3.63) is 47.3 Å². The van der Waals surface area contributed by atoms with Crippen LogP contribution in [0.15, 0.2) is 24.4 Å². The van der Waals surface area contributed by atoms with Crippen molar-refractivity contribution >= 4 is 17.4 Å². The van der Waals surface area contributed by atoms with Crippen molar-refractivity contribution in [3.63, 3.8) is 0 Å². The van der Waals surface area contributed by atoms with Crippen molar-refractivity contribution in [2.75, 3.05) is 5.73 Å². The van der Waals surface area contributed by atoms with Gasteiger partial charge in [0.05, 0.1) is 16.8 Å². The molecule has 0 amide bonds. The summed E-state index contributed by atoms with van der Waals surface area (Å²) in [6, 6.07) is 3.72. The number of carboxylic acid groups (broad SMARTS) is 1. The smallest absolute Gasteiger partial charge is 0.339 e. The molecule has 0 spiro atoms. The summed E-state index contributed by atoms with van der Waals surface area (Å²) in [7, 11) is 0. The lowest BCUT2D eigenvalue weighted by Crippen LogP contribution is -2.12. The van der Waals surface area contributed by atoms with Gasteiger partial charge in [-0.3, -0.25) is 0 Å². The lowest BCUT2D eigenvalue weighted by molar-refractivity contribution is 0.0693. The maximum atomic E-state index is 14.1. The zero-order valence-corrected chi connectivity index (χ0v) is 12.9. The van der Waals surface area contributed by atoms with Crippen LogP contribution >= 0.6 is 0 Å². The third-order valence-electron chi connectivity index (χ3n) is 3.71. The van der Waals surface area contributed by atoms with E-state index in [-0.39, 0.29) is 34.1 Å². The number of carbonyl (C=O) groups is 1. The van der Waals surface area contributed by atoms with Crippen molar-refractivity contribution in [2.45, 2.75) is 19.8 Å². The zero-order valence-electron chi connectivity index (χ0n) is 12.9. The first-order valence-electron chi connectivity index (χ1n) is 7.17. The van der Waals surface area contributed by atoms with E-state index in [1.165, 1.54) is 22.8 Å². The molecule has 0 aliphatic carbocycles. The number of aromatic nitrogens is 3. The minimum absolute atomic E-state index is 0.0220. The summed E-state index contributed by atoms with van der Waals surface area (Å²) in [5, 5.41) is 13.4. The molecule has 2 heterocycles. The standard InChI is InChI=1S/C16H14F2N4O2/c1-7(2)13-9(16(23)24)6-20-15-11(14(19)21-22(13)15)8-4-3-5-10(17)12(8)18/h3-7H,1-2H3,(H2,19,21)(H,23,24).